The molecule has 232 valence electrons. The van der Waals surface area contributed by atoms with E-state index in [1.165, 1.54) is 40.9 Å². The molecule has 0 fully saturated rings. The number of likely N-dealkylation sites (N-methyl/N-ethyl adjacent to an activating group) is 1. The number of fused-ring (bicyclic) bond motifs is 1. The summed E-state index contributed by atoms with van der Waals surface area (Å²) < 4.78 is 53.7. The van der Waals surface area contributed by atoms with Gasteiger partial charge in [0.1, 0.15) is 23.8 Å². The van der Waals surface area contributed by atoms with E-state index in [-0.39, 0.29) is 54.4 Å². The molecule has 0 spiro atoms. The summed E-state index contributed by atoms with van der Waals surface area (Å²) in [4.78, 5) is 46.7. The number of carbonyl (C=O) groups is 2. The van der Waals surface area contributed by atoms with E-state index in [1.54, 1.807) is 38.4 Å². The lowest BCUT2D eigenvalue weighted by Gasteiger charge is -2.23. The zero-order chi connectivity index (χ0) is 30.7. The van der Waals surface area contributed by atoms with Crippen LogP contribution in [0.3, 0.4) is 0 Å². The largest absolute Gasteiger partial charge is 0.460 e. The first-order valence-electron chi connectivity index (χ1n) is 12.6. The van der Waals surface area contributed by atoms with Crippen molar-refractivity contribution in [1.29, 1.82) is 0 Å². The predicted molar refractivity (Wildman–Crippen MR) is 149 cm³/mol. The Morgan fingerprint density at radius 2 is 1.95 bits per heavy atom. The molecule has 2 N–H and O–H groups in total. The maximum atomic E-state index is 13.2. The van der Waals surface area contributed by atoms with Crippen LogP contribution in [0.2, 0.25) is 0 Å². The van der Waals surface area contributed by atoms with Crippen molar-refractivity contribution in [3.05, 3.63) is 60.7 Å². The fourth-order valence-electron chi connectivity index (χ4n) is 4.13. The monoisotopic (exact) mass is 635 g/mol. The molecular weight excluding hydrogens is 611 g/mol. The molecule has 0 aliphatic rings. The molecule has 0 saturated carbocycles. The SMILES string of the molecule is CNCC(=O)OCc1cccnc1N(C)C(=O)OC(C)n1cncc1-c1c(-c2n[nH]c(C(F)(F)F)n2)nc2ncccn12.Cl. The van der Waals surface area contributed by atoms with Gasteiger partial charge in [0.05, 0.1) is 24.8 Å². The minimum Gasteiger partial charge on any atom is -0.460 e. The Kier molecular flexibility index (Phi) is 9.43. The van der Waals surface area contributed by atoms with Crippen molar-refractivity contribution >= 4 is 36.1 Å². The average molecular weight is 636 g/mol. The Morgan fingerprint density at radius 1 is 1.18 bits per heavy atom. The van der Waals surface area contributed by atoms with Crippen molar-refractivity contribution in [2.45, 2.75) is 25.9 Å². The summed E-state index contributed by atoms with van der Waals surface area (Å²) in [5, 5.41) is 8.30. The third-order valence-electron chi connectivity index (χ3n) is 6.11. The molecule has 44 heavy (non-hydrogen) atoms. The van der Waals surface area contributed by atoms with Gasteiger partial charge in [0.2, 0.25) is 17.4 Å². The number of hydrogen-bond acceptors (Lipinski definition) is 11. The normalized spacial score (nSPS) is 12.0. The number of carbonyl (C=O) groups excluding carboxylic acids is 2. The molecule has 5 aromatic heterocycles. The second-order valence-corrected chi connectivity index (χ2v) is 9.01. The minimum atomic E-state index is -4.75. The first-order valence-corrected chi connectivity index (χ1v) is 12.6. The number of amides is 1. The standard InChI is InChI=1S/C25H24F3N11O4.ClH/c1-14(43-24(41)37(3)21-15(6-4-7-31-21)12-42-17(40)11-29-2)39-13-30-10-16(39)19-18(33-23-32-8-5-9-38(19)23)20-34-22(36-35-20)25(26,27)28;/h4-10,13-14,29H,11-12H2,1-3H3,(H,34,35,36);1H. The van der Waals surface area contributed by atoms with E-state index in [2.05, 4.69) is 35.3 Å². The fraction of sp³-hybridized carbons (Fsp3) is 0.280. The zero-order valence-corrected chi connectivity index (χ0v) is 24.1. The van der Waals surface area contributed by atoms with Crippen molar-refractivity contribution in [3.8, 4) is 22.9 Å². The van der Waals surface area contributed by atoms with Gasteiger partial charge in [0.15, 0.2) is 6.23 Å². The number of halogens is 4. The Morgan fingerprint density at radius 3 is 2.68 bits per heavy atom. The molecule has 1 amide bonds. The summed E-state index contributed by atoms with van der Waals surface area (Å²) in [6, 6.07) is 4.91. The lowest BCUT2D eigenvalue weighted by Crippen LogP contribution is -2.31. The summed E-state index contributed by atoms with van der Waals surface area (Å²) >= 11 is 0. The number of alkyl halides is 3. The van der Waals surface area contributed by atoms with Gasteiger partial charge in [-0.05, 0) is 26.1 Å². The number of H-pyrrole nitrogens is 1. The molecule has 15 nitrogen and oxygen atoms in total. The molecule has 5 heterocycles. The Labute approximate surface area is 252 Å². The lowest BCUT2D eigenvalue weighted by atomic mass is 10.2. The highest BCUT2D eigenvalue weighted by atomic mass is 35.5. The number of esters is 1. The molecule has 1 unspecified atom stereocenters. The van der Waals surface area contributed by atoms with Gasteiger partial charge in [-0.1, -0.05) is 6.07 Å². The van der Waals surface area contributed by atoms with Crippen LogP contribution in [0.15, 0.2) is 49.3 Å². The first kappa shape index (κ1) is 31.8. The Hall–Kier alpha value is -5.10. The Balaban J connectivity index is 0.00000442. The van der Waals surface area contributed by atoms with Crippen LogP contribution in [0.4, 0.5) is 23.8 Å². The van der Waals surface area contributed by atoms with Crippen molar-refractivity contribution in [2.75, 3.05) is 25.5 Å². The van der Waals surface area contributed by atoms with Crippen molar-refractivity contribution in [1.82, 2.24) is 49.4 Å². The van der Waals surface area contributed by atoms with Gasteiger partial charge >= 0.3 is 18.2 Å². The summed E-state index contributed by atoms with van der Waals surface area (Å²) in [5.41, 5.74) is 1.05. The van der Waals surface area contributed by atoms with Crippen LogP contribution < -0.4 is 10.2 Å². The molecule has 5 aromatic rings. The summed E-state index contributed by atoms with van der Waals surface area (Å²) in [5.74, 6) is -1.71. The van der Waals surface area contributed by atoms with Gasteiger partial charge in [0.25, 0.3) is 0 Å². The number of ether oxygens (including phenoxy) is 2. The summed E-state index contributed by atoms with van der Waals surface area (Å²) in [7, 11) is 3.05. The van der Waals surface area contributed by atoms with Crippen LogP contribution in [0.25, 0.3) is 28.7 Å². The van der Waals surface area contributed by atoms with Crippen LogP contribution in [0.1, 0.15) is 24.5 Å². The average Bonchev–Trinajstić information content (AvgIpc) is 3.73. The fourth-order valence-corrected chi connectivity index (χ4v) is 4.13. The number of nitrogens with zero attached hydrogens (tertiary/aromatic N) is 9. The highest BCUT2D eigenvalue weighted by Gasteiger charge is 2.36. The molecule has 19 heteroatoms. The third-order valence-corrected chi connectivity index (χ3v) is 6.11. The van der Waals surface area contributed by atoms with E-state index in [0.29, 0.717) is 11.3 Å². The van der Waals surface area contributed by atoms with Crippen LogP contribution in [0.5, 0.6) is 0 Å². The molecule has 0 aliphatic carbocycles. The van der Waals surface area contributed by atoms with Gasteiger partial charge in [0, 0.05) is 31.2 Å². The van der Waals surface area contributed by atoms with Crippen molar-refractivity contribution in [2.24, 2.45) is 0 Å². The molecule has 0 saturated heterocycles. The van der Waals surface area contributed by atoms with Gasteiger partial charge in [-0.2, -0.15) is 18.3 Å². The number of pyridine rings is 1. The highest BCUT2D eigenvalue weighted by molar-refractivity contribution is 5.87. The molecule has 5 rings (SSSR count). The second-order valence-electron chi connectivity index (χ2n) is 9.01. The first-order chi connectivity index (χ1) is 20.6. The summed E-state index contributed by atoms with van der Waals surface area (Å²) in [6.45, 7) is 1.47. The maximum absolute atomic E-state index is 13.2. The minimum absolute atomic E-state index is 0. The van der Waals surface area contributed by atoms with Crippen LogP contribution in [-0.2, 0) is 27.1 Å². The number of aromatic amines is 1. The second kappa shape index (κ2) is 13.0. The van der Waals surface area contributed by atoms with E-state index >= 15 is 0 Å². The molecule has 0 bridgehead atoms. The van der Waals surface area contributed by atoms with E-state index in [0.717, 1.165) is 4.90 Å². The molecule has 0 radical (unpaired) electrons. The van der Waals surface area contributed by atoms with Crippen LogP contribution >= 0.6 is 12.4 Å². The number of anilines is 1. The van der Waals surface area contributed by atoms with Gasteiger partial charge in [-0.3, -0.25) is 23.8 Å². The number of imidazole rings is 2. The van der Waals surface area contributed by atoms with Gasteiger partial charge in [-0.15, -0.1) is 12.4 Å². The van der Waals surface area contributed by atoms with Gasteiger partial charge < -0.3 is 14.8 Å². The molecule has 1 atom stereocenters. The zero-order valence-electron chi connectivity index (χ0n) is 23.3. The highest BCUT2D eigenvalue weighted by Crippen LogP contribution is 2.34. The van der Waals surface area contributed by atoms with E-state index in [1.807, 2.05) is 5.10 Å². The van der Waals surface area contributed by atoms with E-state index in [9.17, 15) is 22.8 Å². The van der Waals surface area contributed by atoms with Crippen molar-refractivity contribution in [3.63, 3.8) is 0 Å². The number of aromatic nitrogens is 9. The third kappa shape index (κ3) is 6.45. The molecule has 0 aliphatic heterocycles. The van der Waals surface area contributed by atoms with Crippen LogP contribution in [0, 0.1) is 0 Å². The molecular formula is C25H25ClF3N11O4. The quantitative estimate of drug-likeness (QED) is 0.228. The lowest BCUT2D eigenvalue weighted by molar-refractivity contribution is -0.145. The summed E-state index contributed by atoms with van der Waals surface area (Å²) in [6.07, 6.45) is 0.864. The van der Waals surface area contributed by atoms with E-state index in [4.69, 9.17) is 9.47 Å². The van der Waals surface area contributed by atoms with E-state index < -0.39 is 30.3 Å². The van der Waals surface area contributed by atoms with Crippen LogP contribution in [-0.4, -0.2) is 76.8 Å². The maximum Gasteiger partial charge on any atom is 0.451 e. The molecule has 0 aromatic carbocycles. The number of nitrogens with one attached hydrogen (secondary N) is 2. The smallest absolute Gasteiger partial charge is 0.451 e. The number of hydrogen-bond donors (Lipinski definition) is 2. The van der Waals surface area contributed by atoms with Crippen molar-refractivity contribution < 1.29 is 32.2 Å². The van der Waals surface area contributed by atoms with Gasteiger partial charge in [-0.25, -0.2) is 29.7 Å². The topological polar surface area (TPSA) is 170 Å². The number of rotatable bonds is 9. The Bertz CT molecular complexity index is 1770. The predicted octanol–water partition coefficient (Wildman–Crippen LogP) is 3.27.